The Morgan fingerprint density at radius 2 is 0.909 bits per heavy atom. The number of esters is 2. The Hall–Kier alpha value is -1.84. The van der Waals surface area contributed by atoms with Crippen LogP contribution < -0.4 is 0 Å². The summed E-state index contributed by atoms with van der Waals surface area (Å²) in [6.45, 7) is 1.94. The number of benzene rings is 1. The average Bonchev–Trinajstić information content (AvgIpc) is 2.77. The molecule has 176 valence electrons. The molecule has 0 heterocycles. The third kappa shape index (κ3) is 3.54. The molecular weight excluding hydrogens is 412 g/mol. The molecule has 9 rings (SSSR count). The first kappa shape index (κ1) is 20.5. The largest absolute Gasteiger partial charge is 0.458 e. The fourth-order valence-electron chi connectivity index (χ4n) is 9.54. The summed E-state index contributed by atoms with van der Waals surface area (Å²) in [6.07, 6.45) is 12.7. The zero-order valence-corrected chi connectivity index (χ0v) is 19.7. The predicted molar refractivity (Wildman–Crippen MR) is 124 cm³/mol. The molecule has 1 aromatic carbocycles. The van der Waals surface area contributed by atoms with Crippen molar-refractivity contribution >= 4 is 11.9 Å². The second-order valence-electron chi connectivity index (χ2n) is 12.7. The minimum absolute atomic E-state index is 0.0641. The first-order valence-electron chi connectivity index (χ1n) is 13.5. The van der Waals surface area contributed by atoms with Crippen molar-refractivity contribution in [3.05, 3.63) is 34.9 Å². The fourth-order valence-corrected chi connectivity index (χ4v) is 9.54. The molecule has 0 unspecified atom stereocenters. The number of rotatable bonds is 4. The molecule has 0 atom stereocenters. The van der Waals surface area contributed by atoms with Crippen LogP contribution >= 0.6 is 0 Å². The molecule has 8 bridgehead atoms. The van der Waals surface area contributed by atoms with E-state index in [0.717, 1.165) is 29.2 Å². The Bertz CT molecular complexity index is 850. The van der Waals surface area contributed by atoms with Crippen molar-refractivity contribution < 1.29 is 19.1 Å². The van der Waals surface area contributed by atoms with Gasteiger partial charge < -0.3 is 9.47 Å². The highest BCUT2D eigenvalue weighted by Crippen LogP contribution is 2.56. The van der Waals surface area contributed by atoms with Gasteiger partial charge in [-0.05, 0) is 142 Å². The molecule has 0 amide bonds. The lowest BCUT2D eigenvalue weighted by molar-refractivity contribution is -0.101. The third-order valence-corrected chi connectivity index (χ3v) is 10.3. The highest BCUT2D eigenvalue weighted by atomic mass is 16.5. The summed E-state index contributed by atoms with van der Waals surface area (Å²) in [7, 11) is 0. The molecule has 4 nitrogen and oxygen atoms in total. The first-order chi connectivity index (χ1) is 16.0. The van der Waals surface area contributed by atoms with E-state index in [2.05, 4.69) is 0 Å². The summed E-state index contributed by atoms with van der Waals surface area (Å²) < 4.78 is 12.3. The number of hydrogen-bond acceptors (Lipinski definition) is 4. The van der Waals surface area contributed by atoms with E-state index >= 15 is 0 Å². The second kappa shape index (κ2) is 7.58. The average molecular weight is 449 g/mol. The van der Waals surface area contributed by atoms with E-state index in [4.69, 9.17) is 9.47 Å². The zero-order chi connectivity index (χ0) is 22.3. The van der Waals surface area contributed by atoms with Crippen molar-refractivity contribution in [2.75, 3.05) is 0 Å². The van der Waals surface area contributed by atoms with Gasteiger partial charge in [-0.15, -0.1) is 0 Å². The van der Waals surface area contributed by atoms with Crippen LogP contribution in [0.25, 0.3) is 0 Å². The van der Waals surface area contributed by atoms with Crippen molar-refractivity contribution in [3.63, 3.8) is 0 Å². The summed E-state index contributed by atoms with van der Waals surface area (Å²) >= 11 is 0. The minimum Gasteiger partial charge on any atom is -0.458 e. The van der Waals surface area contributed by atoms with E-state index in [1.165, 1.54) is 64.2 Å². The van der Waals surface area contributed by atoms with Crippen LogP contribution in [-0.4, -0.2) is 24.1 Å². The molecule has 0 N–H and O–H groups in total. The van der Waals surface area contributed by atoms with Crippen molar-refractivity contribution in [1.29, 1.82) is 0 Å². The molecule has 8 aliphatic carbocycles. The highest BCUT2D eigenvalue weighted by Gasteiger charge is 2.51. The molecule has 0 spiro atoms. The van der Waals surface area contributed by atoms with Gasteiger partial charge in [0.15, 0.2) is 0 Å². The number of carbonyl (C=O) groups is 2. The van der Waals surface area contributed by atoms with Crippen LogP contribution in [0.1, 0.15) is 90.5 Å². The molecule has 8 aliphatic rings. The fraction of sp³-hybridized carbons (Fsp3) is 0.724. The predicted octanol–water partition coefficient (Wildman–Crippen LogP) is 5.96. The number of carbonyl (C=O) groups excluding carboxylic acids is 2. The Labute approximate surface area is 196 Å². The Kier molecular flexibility index (Phi) is 4.72. The van der Waals surface area contributed by atoms with E-state index in [0.29, 0.717) is 34.8 Å². The normalized spacial score (nSPS) is 44.2. The third-order valence-electron chi connectivity index (χ3n) is 10.3. The number of hydrogen-bond donors (Lipinski definition) is 0. The maximum absolute atomic E-state index is 13.2. The van der Waals surface area contributed by atoms with E-state index in [9.17, 15) is 9.59 Å². The van der Waals surface area contributed by atoms with Gasteiger partial charge in [0.2, 0.25) is 0 Å². The molecule has 1 aromatic rings. The van der Waals surface area contributed by atoms with Crippen LogP contribution in [0, 0.1) is 54.3 Å². The summed E-state index contributed by atoms with van der Waals surface area (Å²) in [5.41, 5.74) is 1.91. The van der Waals surface area contributed by atoms with Crippen LogP contribution in [-0.2, 0) is 9.47 Å². The van der Waals surface area contributed by atoms with Gasteiger partial charge in [0, 0.05) is 0 Å². The monoisotopic (exact) mass is 448 g/mol. The molecule has 0 aliphatic heterocycles. The van der Waals surface area contributed by atoms with E-state index in [-0.39, 0.29) is 24.1 Å². The smallest absolute Gasteiger partial charge is 0.338 e. The number of aryl methyl sites for hydroxylation is 1. The van der Waals surface area contributed by atoms with Gasteiger partial charge in [-0.1, -0.05) is 0 Å². The minimum atomic E-state index is -0.264. The summed E-state index contributed by atoms with van der Waals surface area (Å²) in [5, 5.41) is 0. The van der Waals surface area contributed by atoms with E-state index in [1.807, 2.05) is 19.1 Å². The van der Waals surface area contributed by atoms with Crippen LogP contribution in [0.4, 0.5) is 0 Å². The van der Waals surface area contributed by atoms with Gasteiger partial charge in [0.1, 0.15) is 12.2 Å². The summed E-state index contributed by atoms with van der Waals surface area (Å²) in [4.78, 5) is 26.4. The Morgan fingerprint density at radius 1 is 0.576 bits per heavy atom. The van der Waals surface area contributed by atoms with Crippen LogP contribution in [0.15, 0.2) is 18.2 Å². The lowest BCUT2D eigenvalue weighted by Crippen LogP contribution is -2.50. The van der Waals surface area contributed by atoms with Crippen LogP contribution in [0.3, 0.4) is 0 Å². The first-order valence-corrected chi connectivity index (χ1v) is 13.5. The maximum atomic E-state index is 13.2. The van der Waals surface area contributed by atoms with Crippen LogP contribution in [0.5, 0.6) is 0 Å². The Balaban J connectivity index is 1.06. The zero-order valence-electron chi connectivity index (χ0n) is 19.7. The molecule has 0 saturated heterocycles. The highest BCUT2D eigenvalue weighted by molar-refractivity contribution is 5.95. The SMILES string of the molecule is Cc1cc(C(=O)OC2C3CC4CC(C3)CC2C4)cc(C(=O)OC2C3CC4CC(C3)CC2C4)c1. The van der Waals surface area contributed by atoms with Gasteiger partial charge in [-0.3, -0.25) is 0 Å². The van der Waals surface area contributed by atoms with Gasteiger partial charge in [-0.25, -0.2) is 9.59 Å². The summed E-state index contributed by atoms with van der Waals surface area (Å²) in [5.74, 6) is 5.04. The van der Waals surface area contributed by atoms with Crippen molar-refractivity contribution in [3.8, 4) is 0 Å². The van der Waals surface area contributed by atoms with Crippen molar-refractivity contribution in [2.45, 2.75) is 83.3 Å². The van der Waals surface area contributed by atoms with Crippen LogP contribution in [0.2, 0.25) is 0 Å². The number of ether oxygens (including phenoxy) is 2. The molecule has 0 radical (unpaired) electrons. The van der Waals surface area contributed by atoms with Gasteiger partial charge in [0.05, 0.1) is 11.1 Å². The standard InChI is InChI=1S/C29H36O4/c1-15-2-24(28(30)32-26-20-6-16-4-17(8-20)9-21(26)7-16)14-25(3-15)29(31)33-27-22-10-18-5-19(12-22)13-23(27)11-18/h2-3,14,16-23,26-27H,4-13H2,1H3. The van der Waals surface area contributed by atoms with E-state index in [1.54, 1.807) is 6.07 Å². The molecule has 33 heavy (non-hydrogen) atoms. The molecule has 0 aromatic heterocycles. The maximum Gasteiger partial charge on any atom is 0.338 e. The summed E-state index contributed by atoms with van der Waals surface area (Å²) in [6, 6.07) is 5.43. The lowest BCUT2D eigenvalue weighted by Gasteiger charge is -2.53. The molecule has 8 fully saturated rings. The van der Waals surface area contributed by atoms with E-state index < -0.39 is 0 Å². The second-order valence-corrected chi connectivity index (χ2v) is 12.7. The molecule has 4 heteroatoms. The Morgan fingerprint density at radius 3 is 1.24 bits per heavy atom. The molecular formula is C29H36O4. The van der Waals surface area contributed by atoms with Crippen molar-refractivity contribution in [2.24, 2.45) is 47.3 Å². The van der Waals surface area contributed by atoms with Crippen molar-refractivity contribution in [1.82, 2.24) is 0 Å². The lowest BCUT2D eigenvalue weighted by atomic mass is 9.55. The molecule has 8 saturated carbocycles. The van der Waals surface area contributed by atoms with Gasteiger partial charge in [-0.2, -0.15) is 0 Å². The van der Waals surface area contributed by atoms with Gasteiger partial charge >= 0.3 is 11.9 Å². The topological polar surface area (TPSA) is 52.6 Å². The quantitative estimate of drug-likeness (QED) is 0.534. The van der Waals surface area contributed by atoms with Gasteiger partial charge in [0.25, 0.3) is 0 Å².